The number of carbonyl (C=O) groups is 3. The van der Waals surface area contributed by atoms with Gasteiger partial charge in [-0.3, -0.25) is 9.59 Å². The third-order valence-electron chi connectivity index (χ3n) is 3.06. The third-order valence-corrected chi connectivity index (χ3v) is 3.06. The molecule has 0 saturated carbocycles. The van der Waals surface area contributed by atoms with Crippen molar-refractivity contribution in [2.75, 3.05) is 13.7 Å². The van der Waals surface area contributed by atoms with Crippen molar-refractivity contribution < 1.29 is 29.0 Å². The van der Waals surface area contributed by atoms with Crippen LogP contribution in [-0.4, -0.2) is 48.8 Å². The number of ether oxygens (including phenoxy) is 2. The molecule has 0 aliphatic carbocycles. The lowest BCUT2D eigenvalue weighted by Crippen LogP contribution is -2.65. The lowest BCUT2D eigenvalue weighted by atomic mass is 9.77. The van der Waals surface area contributed by atoms with Crippen LogP contribution in [0.1, 0.15) is 13.8 Å². The van der Waals surface area contributed by atoms with E-state index in [1.807, 2.05) is 0 Å². The summed E-state index contributed by atoms with van der Waals surface area (Å²) in [4.78, 5) is 33.7. The zero-order valence-corrected chi connectivity index (χ0v) is 10.5. The Morgan fingerprint density at radius 3 is 2.50 bits per heavy atom. The molecule has 3 unspecified atom stereocenters. The molecule has 0 bridgehead atoms. The molecule has 1 aliphatic heterocycles. The molecule has 0 aromatic rings. The van der Waals surface area contributed by atoms with E-state index in [1.165, 1.54) is 6.92 Å². The molecular formula is C11H17NO6. The van der Waals surface area contributed by atoms with Gasteiger partial charge < -0.3 is 19.9 Å². The molecule has 2 N–H and O–H groups in total. The number of hydrogen-bond acceptors (Lipinski definition) is 6. The minimum atomic E-state index is -0.930. The zero-order valence-electron chi connectivity index (χ0n) is 10.5. The molecule has 18 heavy (non-hydrogen) atoms. The maximum atomic E-state index is 11.7. The Bertz CT molecular complexity index is 353. The number of ketones is 1. The van der Waals surface area contributed by atoms with Crippen LogP contribution in [0.5, 0.6) is 0 Å². The van der Waals surface area contributed by atoms with Gasteiger partial charge in [-0.1, -0.05) is 6.92 Å². The summed E-state index contributed by atoms with van der Waals surface area (Å²) in [5.74, 6) is -1.74. The van der Waals surface area contributed by atoms with Crippen molar-refractivity contribution in [3.05, 3.63) is 0 Å². The molecule has 1 saturated heterocycles. The van der Waals surface area contributed by atoms with E-state index in [9.17, 15) is 19.5 Å². The van der Waals surface area contributed by atoms with Crippen molar-refractivity contribution in [1.29, 1.82) is 0 Å². The highest BCUT2D eigenvalue weighted by Gasteiger charge is 2.46. The summed E-state index contributed by atoms with van der Waals surface area (Å²) in [6.07, 6.45) is -1.75. The summed E-state index contributed by atoms with van der Waals surface area (Å²) >= 11 is 0. The maximum absolute atomic E-state index is 11.7. The van der Waals surface area contributed by atoms with Gasteiger partial charge in [-0.15, -0.1) is 0 Å². The van der Waals surface area contributed by atoms with Gasteiger partial charge in [-0.05, 0) is 6.92 Å². The van der Waals surface area contributed by atoms with Crippen molar-refractivity contribution in [2.24, 2.45) is 11.8 Å². The van der Waals surface area contributed by atoms with E-state index in [0.717, 1.165) is 7.11 Å². The largest absolute Gasteiger partial charge is 0.508 e. The summed E-state index contributed by atoms with van der Waals surface area (Å²) in [7, 11) is 1.14. The van der Waals surface area contributed by atoms with Gasteiger partial charge in [0.1, 0.15) is 0 Å². The molecule has 1 rings (SSSR count). The van der Waals surface area contributed by atoms with Crippen molar-refractivity contribution in [3.8, 4) is 0 Å². The van der Waals surface area contributed by atoms with Crippen LogP contribution in [0.2, 0.25) is 0 Å². The lowest BCUT2D eigenvalue weighted by Gasteiger charge is -2.41. The predicted octanol–water partition coefficient (Wildman–Crippen LogP) is -0.530. The van der Waals surface area contributed by atoms with E-state index < -0.39 is 36.7 Å². The molecule has 0 aromatic carbocycles. The average Bonchev–Trinajstić information content (AvgIpc) is 2.30. The lowest BCUT2D eigenvalue weighted by molar-refractivity contribution is -0.145. The van der Waals surface area contributed by atoms with Crippen LogP contribution in [-0.2, 0) is 19.1 Å². The second kappa shape index (κ2) is 5.81. The van der Waals surface area contributed by atoms with Crippen LogP contribution in [0.4, 0.5) is 4.79 Å². The first kappa shape index (κ1) is 14.4. The number of aliphatic hydroxyl groups is 1. The summed E-state index contributed by atoms with van der Waals surface area (Å²) in [5.41, 5.74) is 0. The van der Waals surface area contributed by atoms with Gasteiger partial charge in [0, 0.05) is 5.92 Å². The average molecular weight is 259 g/mol. The molecule has 1 amide bonds. The predicted molar refractivity (Wildman–Crippen MR) is 59.6 cm³/mol. The Morgan fingerprint density at radius 1 is 1.44 bits per heavy atom. The smallest absolute Gasteiger partial charge is 0.438 e. The van der Waals surface area contributed by atoms with E-state index in [4.69, 9.17) is 0 Å². The first-order valence-corrected chi connectivity index (χ1v) is 5.60. The van der Waals surface area contributed by atoms with Crippen molar-refractivity contribution in [2.45, 2.75) is 26.0 Å². The van der Waals surface area contributed by atoms with Crippen LogP contribution in [0.25, 0.3) is 0 Å². The first-order valence-electron chi connectivity index (χ1n) is 5.60. The van der Waals surface area contributed by atoms with Gasteiger partial charge in [0.15, 0.2) is 12.4 Å². The number of hydrogen-bond donors (Lipinski definition) is 2. The molecule has 102 valence electrons. The highest BCUT2D eigenvalue weighted by molar-refractivity contribution is 5.91. The topological polar surface area (TPSA) is 102 Å². The fourth-order valence-corrected chi connectivity index (χ4v) is 1.89. The van der Waals surface area contributed by atoms with E-state index in [2.05, 4.69) is 14.8 Å². The number of amides is 1. The Balaban J connectivity index is 2.49. The minimum absolute atomic E-state index is 0.275. The van der Waals surface area contributed by atoms with Gasteiger partial charge in [0.05, 0.1) is 25.2 Å². The molecule has 7 heteroatoms. The zero-order chi connectivity index (χ0) is 13.9. The standard InChI is InChI=1S/C11H17NO6/c1-5(7(14)4-18-11(16)17-3)9-8(6(2)13)10(15)12-9/h5-6,8-9,13H,4H2,1-3H3,(H,12,15)/t5-,6?,8?,9?/m0/s1. The van der Waals surface area contributed by atoms with Crippen molar-refractivity contribution >= 4 is 17.8 Å². The molecule has 1 aliphatic rings. The van der Waals surface area contributed by atoms with Crippen molar-refractivity contribution in [3.63, 3.8) is 0 Å². The van der Waals surface area contributed by atoms with Crippen LogP contribution >= 0.6 is 0 Å². The van der Waals surface area contributed by atoms with Gasteiger partial charge in [-0.2, -0.15) is 0 Å². The Morgan fingerprint density at radius 2 is 2.06 bits per heavy atom. The quantitative estimate of drug-likeness (QED) is 0.508. The Kier molecular flexibility index (Phi) is 4.66. The third kappa shape index (κ3) is 2.98. The summed E-state index contributed by atoms with van der Waals surface area (Å²) < 4.78 is 8.76. The van der Waals surface area contributed by atoms with E-state index in [1.54, 1.807) is 6.92 Å². The van der Waals surface area contributed by atoms with E-state index >= 15 is 0 Å². The van der Waals surface area contributed by atoms with Crippen LogP contribution in [0, 0.1) is 11.8 Å². The van der Waals surface area contributed by atoms with Crippen LogP contribution < -0.4 is 5.32 Å². The first-order chi connectivity index (χ1) is 8.38. The highest BCUT2D eigenvalue weighted by Crippen LogP contribution is 2.26. The molecular weight excluding hydrogens is 242 g/mol. The molecule has 1 heterocycles. The minimum Gasteiger partial charge on any atom is -0.438 e. The van der Waals surface area contributed by atoms with Gasteiger partial charge >= 0.3 is 6.16 Å². The van der Waals surface area contributed by atoms with Gasteiger partial charge in [0.25, 0.3) is 0 Å². The van der Waals surface area contributed by atoms with Gasteiger partial charge in [-0.25, -0.2) is 4.79 Å². The normalized spacial score (nSPS) is 25.4. The Labute approximate surface area is 104 Å². The molecule has 4 atom stereocenters. The molecule has 0 radical (unpaired) electrons. The number of nitrogens with one attached hydrogen (secondary N) is 1. The van der Waals surface area contributed by atoms with Crippen molar-refractivity contribution in [1.82, 2.24) is 5.32 Å². The number of rotatable bonds is 5. The van der Waals surface area contributed by atoms with E-state index in [0.29, 0.717) is 0 Å². The fourth-order valence-electron chi connectivity index (χ4n) is 1.89. The summed E-state index contributed by atoms with van der Waals surface area (Å²) in [5, 5.41) is 12.0. The Hall–Kier alpha value is -1.63. The number of carbonyl (C=O) groups excluding carboxylic acids is 3. The molecule has 1 fully saturated rings. The fraction of sp³-hybridized carbons (Fsp3) is 0.727. The van der Waals surface area contributed by atoms with Crippen LogP contribution in [0.15, 0.2) is 0 Å². The second-order valence-electron chi connectivity index (χ2n) is 4.30. The number of aliphatic hydroxyl groups excluding tert-OH is 1. The SMILES string of the molecule is COC(=O)OCC(=O)[C@H](C)C1NC(=O)C1C(C)O. The molecule has 0 spiro atoms. The highest BCUT2D eigenvalue weighted by atomic mass is 16.7. The number of Topliss-reactive ketones (excluding diaryl/α,β-unsaturated/α-hetero) is 1. The number of methoxy groups -OCH3 is 1. The summed E-state index contributed by atoms with van der Waals surface area (Å²) in [6, 6.07) is -0.425. The monoisotopic (exact) mass is 259 g/mol. The maximum Gasteiger partial charge on any atom is 0.508 e. The second-order valence-corrected chi connectivity index (χ2v) is 4.30. The van der Waals surface area contributed by atoms with E-state index in [-0.39, 0.29) is 11.7 Å². The number of β-lactam (4-membered cyclic amide) rings is 1. The molecule has 7 nitrogen and oxygen atoms in total. The van der Waals surface area contributed by atoms with Gasteiger partial charge in [0.2, 0.25) is 5.91 Å². The summed E-state index contributed by atoms with van der Waals surface area (Å²) in [6.45, 7) is 2.70. The molecule has 0 aromatic heterocycles. The van der Waals surface area contributed by atoms with Crippen LogP contribution in [0.3, 0.4) is 0 Å².